The lowest BCUT2D eigenvalue weighted by atomic mass is 9.72. The summed E-state index contributed by atoms with van der Waals surface area (Å²) in [6, 6.07) is 0.0282. The molecule has 4 nitrogen and oxygen atoms in total. The normalized spacial score (nSPS) is 32.9. The molecule has 1 amide bonds. The van der Waals surface area contributed by atoms with Gasteiger partial charge in [0.15, 0.2) is 0 Å². The van der Waals surface area contributed by atoms with Crippen LogP contribution in [0.25, 0.3) is 0 Å². The second-order valence-electron chi connectivity index (χ2n) is 5.66. The summed E-state index contributed by atoms with van der Waals surface area (Å²) in [5.41, 5.74) is -0.427. The van der Waals surface area contributed by atoms with E-state index >= 15 is 0 Å². The van der Waals surface area contributed by atoms with Gasteiger partial charge in [-0.2, -0.15) is 0 Å². The summed E-state index contributed by atoms with van der Waals surface area (Å²) in [7, 11) is 0. The van der Waals surface area contributed by atoms with Gasteiger partial charge in [-0.25, -0.2) is 4.79 Å². The number of hydrogen-bond acceptors (Lipinski definition) is 2. The van der Waals surface area contributed by atoms with Crippen molar-refractivity contribution in [3.63, 3.8) is 0 Å². The zero-order valence-electron chi connectivity index (χ0n) is 10.3. The first-order valence-electron chi connectivity index (χ1n) is 5.43. The Bertz CT molecular complexity index is 260. The third kappa shape index (κ3) is 1.95. The first-order valence-corrected chi connectivity index (χ1v) is 5.43. The Kier molecular flexibility index (Phi) is 3.01. The number of rotatable bonds is 0. The number of piperazine rings is 1. The van der Waals surface area contributed by atoms with Crippen LogP contribution >= 0.6 is 0 Å². The van der Waals surface area contributed by atoms with Gasteiger partial charge in [0, 0.05) is 19.1 Å². The van der Waals surface area contributed by atoms with Crippen LogP contribution in [0, 0.1) is 5.41 Å². The van der Waals surface area contributed by atoms with Crippen LogP contribution in [0.4, 0.5) is 4.79 Å². The quantitative estimate of drug-likeness (QED) is 0.646. The molecule has 2 atom stereocenters. The van der Waals surface area contributed by atoms with Gasteiger partial charge in [0.2, 0.25) is 0 Å². The molecule has 1 saturated heterocycles. The molecule has 0 aromatic heterocycles. The van der Waals surface area contributed by atoms with E-state index in [1.165, 1.54) is 0 Å². The minimum atomic E-state index is -0.818. The standard InChI is InChI=1S/C11H22N2O2/c1-8-6-12-7-11(5,10(2,3)4)13(8)9(14)15/h8,12H,6-7H2,1-5H3,(H,14,15)/t8-,11+/m0/s1. The highest BCUT2D eigenvalue weighted by Crippen LogP contribution is 2.37. The fourth-order valence-corrected chi connectivity index (χ4v) is 2.21. The Labute approximate surface area is 91.6 Å². The van der Waals surface area contributed by atoms with E-state index in [-0.39, 0.29) is 17.0 Å². The topological polar surface area (TPSA) is 52.6 Å². The van der Waals surface area contributed by atoms with Crippen LogP contribution in [-0.4, -0.2) is 40.8 Å². The molecule has 0 bridgehead atoms. The fourth-order valence-electron chi connectivity index (χ4n) is 2.21. The molecule has 1 aliphatic heterocycles. The van der Waals surface area contributed by atoms with Crippen LogP contribution in [0.2, 0.25) is 0 Å². The van der Waals surface area contributed by atoms with Gasteiger partial charge in [-0.05, 0) is 19.3 Å². The third-order valence-corrected chi connectivity index (χ3v) is 3.70. The Morgan fingerprint density at radius 3 is 2.40 bits per heavy atom. The van der Waals surface area contributed by atoms with Crippen molar-refractivity contribution in [1.29, 1.82) is 0 Å². The highest BCUT2D eigenvalue weighted by atomic mass is 16.4. The molecule has 4 heteroatoms. The van der Waals surface area contributed by atoms with Crippen molar-refractivity contribution in [2.45, 2.75) is 46.2 Å². The van der Waals surface area contributed by atoms with Gasteiger partial charge in [0.05, 0.1) is 5.54 Å². The van der Waals surface area contributed by atoms with E-state index in [2.05, 4.69) is 26.1 Å². The summed E-state index contributed by atoms with van der Waals surface area (Å²) in [6.45, 7) is 11.7. The molecule has 0 aliphatic carbocycles. The van der Waals surface area contributed by atoms with Gasteiger partial charge in [0.25, 0.3) is 0 Å². The molecular weight excluding hydrogens is 192 g/mol. The van der Waals surface area contributed by atoms with E-state index in [1.54, 1.807) is 4.90 Å². The van der Waals surface area contributed by atoms with E-state index in [4.69, 9.17) is 0 Å². The summed E-state index contributed by atoms with van der Waals surface area (Å²) < 4.78 is 0. The number of nitrogens with one attached hydrogen (secondary N) is 1. The first kappa shape index (κ1) is 12.3. The summed E-state index contributed by atoms with van der Waals surface area (Å²) in [5, 5.41) is 12.6. The largest absolute Gasteiger partial charge is 0.465 e. The smallest absolute Gasteiger partial charge is 0.408 e. The van der Waals surface area contributed by atoms with Crippen molar-refractivity contribution in [2.75, 3.05) is 13.1 Å². The predicted molar refractivity (Wildman–Crippen MR) is 60.1 cm³/mol. The van der Waals surface area contributed by atoms with Crippen LogP contribution in [0.15, 0.2) is 0 Å². The molecule has 15 heavy (non-hydrogen) atoms. The second-order valence-corrected chi connectivity index (χ2v) is 5.66. The Balaban J connectivity index is 3.08. The lowest BCUT2D eigenvalue weighted by Crippen LogP contribution is -2.69. The highest BCUT2D eigenvalue weighted by Gasteiger charge is 2.48. The summed E-state index contributed by atoms with van der Waals surface area (Å²) in [5.74, 6) is 0. The van der Waals surface area contributed by atoms with Crippen molar-refractivity contribution in [1.82, 2.24) is 10.2 Å². The van der Waals surface area contributed by atoms with Gasteiger partial charge >= 0.3 is 6.09 Å². The Morgan fingerprint density at radius 1 is 1.53 bits per heavy atom. The molecule has 0 radical (unpaired) electrons. The zero-order chi connectivity index (χ0) is 11.9. The van der Waals surface area contributed by atoms with E-state index in [9.17, 15) is 9.90 Å². The van der Waals surface area contributed by atoms with Crippen LogP contribution in [-0.2, 0) is 0 Å². The van der Waals surface area contributed by atoms with Gasteiger partial charge in [-0.15, -0.1) is 0 Å². The number of carbonyl (C=O) groups is 1. The Morgan fingerprint density at radius 2 is 2.07 bits per heavy atom. The maximum Gasteiger partial charge on any atom is 0.408 e. The maximum absolute atomic E-state index is 11.3. The average molecular weight is 214 g/mol. The monoisotopic (exact) mass is 214 g/mol. The van der Waals surface area contributed by atoms with Crippen LogP contribution < -0.4 is 5.32 Å². The molecule has 0 aromatic carbocycles. The number of nitrogens with zero attached hydrogens (tertiary/aromatic N) is 1. The molecule has 1 aliphatic rings. The maximum atomic E-state index is 11.3. The minimum absolute atomic E-state index is 0.0282. The van der Waals surface area contributed by atoms with Crippen LogP contribution in [0.3, 0.4) is 0 Å². The summed E-state index contributed by atoms with van der Waals surface area (Å²) >= 11 is 0. The molecule has 0 spiro atoms. The molecule has 2 N–H and O–H groups in total. The zero-order valence-corrected chi connectivity index (χ0v) is 10.3. The lowest BCUT2D eigenvalue weighted by Gasteiger charge is -2.54. The third-order valence-electron chi connectivity index (χ3n) is 3.70. The average Bonchev–Trinajstić information content (AvgIpc) is 2.00. The van der Waals surface area contributed by atoms with Crippen molar-refractivity contribution < 1.29 is 9.90 Å². The van der Waals surface area contributed by atoms with E-state index in [0.29, 0.717) is 6.54 Å². The molecule has 1 heterocycles. The number of hydrogen-bond donors (Lipinski definition) is 2. The molecule has 88 valence electrons. The molecule has 0 saturated carbocycles. The van der Waals surface area contributed by atoms with Crippen molar-refractivity contribution in [3.05, 3.63) is 0 Å². The van der Waals surface area contributed by atoms with Gasteiger partial charge < -0.3 is 10.4 Å². The SMILES string of the molecule is C[C@H]1CNC[C@](C)(C(C)(C)C)N1C(=O)O. The van der Waals surface area contributed by atoms with Crippen LogP contribution in [0.5, 0.6) is 0 Å². The van der Waals surface area contributed by atoms with Gasteiger partial charge in [0.1, 0.15) is 0 Å². The highest BCUT2D eigenvalue weighted by molar-refractivity contribution is 5.67. The molecule has 0 unspecified atom stereocenters. The van der Waals surface area contributed by atoms with Crippen molar-refractivity contribution in [2.24, 2.45) is 5.41 Å². The molecular formula is C11H22N2O2. The van der Waals surface area contributed by atoms with Gasteiger partial charge in [-0.3, -0.25) is 4.90 Å². The predicted octanol–water partition coefficient (Wildman–Crippen LogP) is 1.76. The molecule has 0 aromatic rings. The molecule has 1 fully saturated rings. The lowest BCUT2D eigenvalue weighted by molar-refractivity contribution is -0.0261. The first-order chi connectivity index (χ1) is 6.70. The second kappa shape index (κ2) is 3.67. The van der Waals surface area contributed by atoms with Crippen molar-refractivity contribution in [3.8, 4) is 0 Å². The van der Waals surface area contributed by atoms with E-state index < -0.39 is 6.09 Å². The Hall–Kier alpha value is -0.770. The minimum Gasteiger partial charge on any atom is -0.465 e. The van der Waals surface area contributed by atoms with E-state index in [1.807, 2.05) is 13.8 Å². The number of carboxylic acid groups (broad SMARTS) is 1. The van der Waals surface area contributed by atoms with Crippen molar-refractivity contribution >= 4 is 6.09 Å². The molecule has 1 rings (SSSR count). The van der Waals surface area contributed by atoms with Crippen LogP contribution in [0.1, 0.15) is 34.6 Å². The van der Waals surface area contributed by atoms with E-state index in [0.717, 1.165) is 6.54 Å². The summed E-state index contributed by atoms with van der Waals surface area (Å²) in [4.78, 5) is 12.9. The fraction of sp³-hybridized carbons (Fsp3) is 0.909. The number of amides is 1. The summed E-state index contributed by atoms with van der Waals surface area (Å²) in [6.07, 6.45) is -0.818. The van der Waals surface area contributed by atoms with Gasteiger partial charge in [-0.1, -0.05) is 20.8 Å².